The van der Waals surface area contributed by atoms with Crippen LogP contribution >= 0.6 is 0 Å². The number of hydrogen-bond donors (Lipinski definition) is 1. The molecule has 9 heavy (non-hydrogen) atoms. The lowest BCUT2D eigenvalue weighted by atomic mass is 10.2. The first-order valence-corrected chi connectivity index (χ1v) is 2.86. The maximum atomic E-state index is 5.49. The Balaban J connectivity index is 2.94. The van der Waals surface area contributed by atoms with Gasteiger partial charge in [-0.3, -0.25) is 0 Å². The standard InChI is InChI=1S/C8H9N/c1-7-4-3-5-8(6-7)9-2/h1,3-6,9H,2H3. The van der Waals surface area contributed by atoms with Gasteiger partial charge in [0.1, 0.15) is 0 Å². The summed E-state index contributed by atoms with van der Waals surface area (Å²) in [6, 6.07) is 7.64. The molecule has 46 valence electrons. The van der Waals surface area contributed by atoms with E-state index >= 15 is 0 Å². The summed E-state index contributed by atoms with van der Waals surface area (Å²) in [7, 11) is 1.87. The lowest BCUT2D eigenvalue weighted by molar-refractivity contribution is 1.49. The van der Waals surface area contributed by atoms with Crippen molar-refractivity contribution in [3.8, 4) is 0 Å². The normalized spacial score (nSPS) is 9.11. The maximum Gasteiger partial charge on any atom is 0.0340 e. The van der Waals surface area contributed by atoms with E-state index in [-0.39, 0.29) is 0 Å². The highest BCUT2D eigenvalue weighted by Crippen LogP contribution is 2.07. The van der Waals surface area contributed by atoms with Crippen molar-refractivity contribution in [1.82, 2.24) is 0 Å². The van der Waals surface area contributed by atoms with Crippen molar-refractivity contribution in [1.29, 1.82) is 0 Å². The fraction of sp³-hybridized carbons (Fsp3) is 0.125. The van der Waals surface area contributed by atoms with Crippen LogP contribution in [-0.4, -0.2) is 7.05 Å². The fourth-order valence-electron chi connectivity index (χ4n) is 0.694. The Morgan fingerprint density at radius 1 is 1.44 bits per heavy atom. The minimum atomic E-state index is 0.793. The molecule has 0 aliphatic heterocycles. The van der Waals surface area contributed by atoms with Crippen molar-refractivity contribution in [2.45, 2.75) is 0 Å². The minimum absolute atomic E-state index is 0.793. The molecule has 1 aromatic rings. The van der Waals surface area contributed by atoms with E-state index in [2.05, 4.69) is 5.32 Å². The molecule has 0 heterocycles. The molecule has 0 bridgehead atoms. The fourth-order valence-corrected chi connectivity index (χ4v) is 0.694. The average Bonchev–Trinajstić information content (AvgIpc) is 1.88. The zero-order valence-electron chi connectivity index (χ0n) is 5.39. The quantitative estimate of drug-likeness (QED) is 0.594. The minimum Gasteiger partial charge on any atom is -0.388 e. The second-order valence-electron chi connectivity index (χ2n) is 1.88. The van der Waals surface area contributed by atoms with Gasteiger partial charge < -0.3 is 5.32 Å². The van der Waals surface area contributed by atoms with Crippen LogP contribution in [0.25, 0.3) is 0 Å². The molecular weight excluding hydrogens is 110 g/mol. The topological polar surface area (TPSA) is 12.0 Å². The summed E-state index contributed by atoms with van der Waals surface area (Å²) >= 11 is 0. The molecule has 0 spiro atoms. The molecule has 0 amide bonds. The molecule has 1 aromatic carbocycles. The van der Waals surface area contributed by atoms with E-state index in [4.69, 9.17) is 6.92 Å². The molecule has 1 nitrogen and oxygen atoms in total. The van der Waals surface area contributed by atoms with Crippen LogP contribution in [0.3, 0.4) is 0 Å². The Morgan fingerprint density at radius 2 is 2.22 bits per heavy atom. The lowest BCUT2D eigenvalue weighted by Gasteiger charge is -1.98. The number of rotatable bonds is 1. The molecule has 1 N–H and O–H groups in total. The van der Waals surface area contributed by atoms with Crippen LogP contribution in [0.15, 0.2) is 24.3 Å². The van der Waals surface area contributed by atoms with Crippen LogP contribution in [0, 0.1) is 6.92 Å². The summed E-state index contributed by atoms with van der Waals surface area (Å²) in [6.07, 6.45) is 0. The molecule has 2 radical (unpaired) electrons. The van der Waals surface area contributed by atoms with Gasteiger partial charge >= 0.3 is 0 Å². The molecule has 0 unspecified atom stereocenters. The Hall–Kier alpha value is -0.980. The highest BCUT2D eigenvalue weighted by molar-refractivity contribution is 5.45. The summed E-state index contributed by atoms with van der Waals surface area (Å²) < 4.78 is 0. The van der Waals surface area contributed by atoms with Gasteiger partial charge in [0, 0.05) is 12.7 Å². The molecule has 1 rings (SSSR count). The van der Waals surface area contributed by atoms with Gasteiger partial charge in [0.05, 0.1) is 0 Å². The Bertz CT molecular complexity index is 194. The van der Waals surface area contributed by atoms with E-state index in [1.165, 1.54) is 0 Å². The molecule has 0 aromatic heterocycles. The van der Waals surface area contributed by atoms with Crippen molar-refractivity contribution < 1.29 is 0 Å². The summed E-state index contributed by atoms with van der Waals surface area (Å²) in [5, 5.41) is 2.99. The van der Waals surface area contributed by atoms with Crippen molar-refractivity contribution >= 4 is 5.69 Å². The molecule has 0 atom stereocenters. The smallest absolute Gasteiger partial charge is 0.0340 e. The second kappa shape index (κ2) is 2.53. The summed E-state index contributed by atoms with van der Waals surface area (Å²) in [5.74, 6) is 0. The molecular formula is C8H9N. The highest BCUT2D eigenvalue weighted by Gasteiger charge is 1.85. The van der Waals surface area contributed by atoms with E-state index in [1.807, 2.05) is 31.3 Å². The first-order valence-electron chi connectivity index (χ1n) is 2.86. The SMILES string of the molecule is [CH]c1cccc(NC)c1. The van der Waals surface area contributed by atoms with Crippen LogP contribution in [0.5, 0.6) is 0 Å². The largest absolute Gasteiger partial charge is 0.388 e. The van der Waals surface area contributed by atoms with Gasteiger partial charge in [0.15, 0.2) is 0 Å². The molecule has 1 heteroatoms. The lowest BCUT2D eigenvalue weighted by Crippen LogP contribution is -1.86. The van der Waals surface area contributed by atoms with Gasteiger partial charge in [0.25, 0.3) is 0 Å². The monoisotopic (exact) mass is 119 g/mol. The Labute approximate surface area is 55.7 Å². The third-order valence-electron chi connectivity index (χ3n) is 1.18. The Kier molecular flexibility index (Phi) is 1.73. The summed E-state index contributed by atoms with van der Waals surface area (Å²) in [4.78, 5) is 0. The predicted octanol–water partition coefficient (Wildman–Crippen LogP) is 1.79. The van der Waals surface area contributed by atoms with Gasteiger partial charge in [-0.2, -0.15) is 0 Å². The number of benzene rings is 1. The van der Waals surface area contributed by atoms with Crippen molar-refractivity contribution in [2.75, 3.05) is 12.4 Å². The van der Waals surface area contributed by atoms with E-state index in [0.717, 1.165) is 11.3 Å². The van der Waals surface area contributed by atoms with Crippen LogP contribution in [-0.2, 0) is 0 Å². The van der Waals surface area contributed by atoms with E-state index in [9.17, 15) is 0 Å². The van der Waals surface area contributed by atoms with Crippen LogP contribution in [0.2, 0.25) is 0 Å². The summed E-state index contributed by atoms with van der Waals surface area (Å²) in [5.41, 5.74) is 1.84. The Morgan fingerprint density at radius 3 is 2.67 bits per heavy atom. The van der Waals surface area contributed by atoms with Gasteiger partial charge in [-0.1, -0.05) is 12.1 Å². The zero-order valence-corrected chi connectivity index (χ0v) is 5.39. The van der Waals surface area contributed by atoms with Crippen molar-refractivity contribution in [3.63, 3.8) is 0 Å². The third kappa shape index (κ3) is 1.46. The van der Waals surface area contributed by atoms with Crippen molar-refractivity contribution in [3.05, 3.63) is 36.8 Å². The molecule has 0 aliphatic rings. The molecule has 0 aliphatic carbocycles. The molecule has 0 saturated carbocycles. The maximum absolute atomic E-state index is 5.49. The second-order valence-corrected chi connectivity index (χ2v) is 1.88. The van der Waals surface area contributed by atoms with Crippen LogP contribution < -0.4 is 5.32 Å². The number of hydrogen-bond acceptors (Lipinski definition) is 1. The average molecular weight is 119 g/mol. The predicted molar refractivity (Wildman–Crippen MR) is 39.4 cm³/mol. The zero-order chi connectivity index (χ0) is 6.69. The first-order chi connectivity index (χ1) is 4.33. The third-order valence-corrected chi connectivity index (χ3v) is 1.18. The first kappa shape index (κ1) is 6.14. The molecule has 0 saturated heterocycles. The van der Waals surface area contributed by atoms with Gasteiger partial charge in [-0.25, -0.2) is 0 Å². The van der Waals surface area contributed by atoms with Gasteiger partial charge in [0.2, 0.25) is 0 Å². The van der Waals surface area contributed by atoms with E-state index < -0.39 is 0 Å². The van der Waals surface area contributed by atoms with Crippen LogP contribution in [0.4, 0.5) is 5.69 Å². The van der Waals surface area contributed by atoms with E-state index in [0.29, 0.717) is 0 Å². The molecule has 0 fully saturated rings. The number of nitrogens with one attached hydrogen (secondary N) is 1. The van der Waals surface area contributed by atoms with Gasteiger partial charge in [-0.15, -0.1) is 0 Å². The number of anilines is 1. The summed E-state index contributed by atoms with van der Waals surface area (Å²) in [6.45, 7) is 5.49. The van der Waals surface area contributed by atoms with Crippen molar-refractivity contribution in [2.24, 2.45) is 0 Å². The van der Waals surface area contributed by atoms with Crippen LogP contribution in [0.1, 0.15) is 5.56 Å². The van der Waals surface area contributed by atoms with Gasteiger partial charge in [-0.05, 0) is 24.6 Å². The highest BCUT2D eigenvalue weighted by atomic mass is 14.8. The van der Waals surface area contributed by atoms with E-state index in [1.54, 1.807) is 0 Å².